The minimum absolute atomic E-state index is 0.0961. The first-order valence-corrected chi connectivity index (χ1v) is 10.4. The van der Waals surface area contributed by atoms with Gasteiger partial charge in [-0.2, -0.15) is 0 Å². The number of fused-ring (bicyclic) bond motifs is 1. The van der Waals surface area contributed by atoms with Gasteiger partial charge in [-0.05, 0) is 45.9 Å². The normalized spacial score (nSPS) is 22.0. The standard InChI is InChI=1S/C18H25N5O4S/c1-17(2,3)27-16(24)21-15-22-18(4,10-28(25,26)23(15)5)13-9-20-14-7-6-11(19)8-12(13)14/h6-9,20H,10,19H2,1-5H3,(H,21,22,24)/t18-/m0/s1. The molecule has 0 spiro atoms. The second-order valence-electron chi connectivity index (χ2n) is 8.07. The van der Waals surface area contributed by atoms with E-state index >= 15 is 0 Å². The molecule has 9 nitrogen and oxygen atoms in total. The molecule has 0 saturated heterocycles. The SMILES string of the molecule is CN1C(NC(=O)OC(C)(C)C)=N[C@](C)(c2c[nH]c3ccc(N)cc23)CS1(=O)=O. The molecule has 0 radical (unpaired) electrons. The van der Waals surface area contributed by atoms with E-state index in [2.05, 4.69) is 15.3 Å². The Balaban J connectivity index is 2.07. The zero-order valence-electron chi connectivity index (χ0n) is 16.5. The fourth-order valence-electron chi connectivity index (χ4n) is 3.14. The molecule has 1 atom stereocenters. The average Bonchev–Trinajstić information content (AvgIpc) is 2.93. The minimum Gasteiger partial charge on any atom is -0.444 e. The molecule has 2 aromatic rings. The third-order valence-corrected chi connectivity index (χ3v) is 6.36. The summed E-state index contributed by atoms with van der Waals surface area (Å²) in [5.41, 5.74) is 6.10. The molecule has 10 heteroatoms. The van der Waals surface area contributed by atoms with Crippen LogP contribution in [0.25, 0.3) is 10.9 Å². The number of nitrogen functional groups attached to an aromatic ring is 1. The van der Waals surface area contributed by atoms with Crippen LogP contribution >= 0.6 is 0 Å². The Bertz CT molecular complexity index is 1070. The average molecular weight is 407 g/mol. The number of amides is 1. The number of carbonyl (C=O) groups is 1. The number of anilines is 1. The maximum Gasteiger partial charge on any atom is 0.414 e. The Hall–Kier alpha value is -2.75. The van der Waals surface area contributed by atoms with E-state index < -0.39 is 27.3 Å². The molecule has 1 aromatic carbocycles. The van der Waals surface area contributed by atoms with Crippen LogP contribution in [0.3, 0.4) is 0 Å². The summed E-state index contributed by atoms with van der Waals surface area (Å²) in [7, 11) is -2.38. The highest BCUT2D eigenvalue weighted by molar-refractivity contribution is 7.89. The number of carbonyl (C=O) groups excluding carboxylic acids is 1. The van der Waals surface area contributed by atoms with Crippen LogP contribution in [-0.2, 0) is 20.3 Å². The lowest BCUT2D eigenvalue weighted by molar-refractivity contribution is 0.0559. The van der Waals surface area contributed by atoms with Crippen molar-refractivity contribution in [2.75, 3.05) is 18.5 Å². The van der Waals surface area contributed by atoms with Gasteiger partial charge in [-0.3, -0.25) is 5.32 Å². The van der Waals surface area contributed by atoms with Crippen LogP contribution in [0.2, 0.25) is 0 Å². The first-order chi connectivity index (χ1) is 12.8. The molecule has 0 aliphatic carbocycles. The van der Waals surface area contributed by atoms with E-state index in [0.717, 1.165) is 15.2 Å². The zero-order chi connectivity index (χ0) is 20.9. The molecule has 1 aromatic heterocycles. The Morgan fingerprint density at radius 1 is 1.39 bits per heavy atom. The summed E-state index contributed by atoms with van der Waals surface area (Å²) < 4.78 is 31.8. The smallest absolute Gasteiger partial charge is 0.414 e. The molecule has 2 heterocycles. The fraction of sp³-hybridized carbons (Fsp3) is 0.444. The summed E-state index contributed by atoms with van der Waals surface area (Å²) in [6.45, 7) is 6.86. The van der Waals surface area contributed by atoms with Gasteiger partial charge in [0.1, 0.15) is 11.1 Å². The first-order valence-electron chi connectivity index (χ1n) is 8.74. The van der Waals surface area contributed by atoms with E-state index in [4.69, 9.17) is 10.5 Å². The summed E-state index contributed by atoms with van der Waals surface area (Å²) >= 11 is 0. The monoisotopic (exact) mass is 407 g/mol. The number of hydrogen-bond donors (Lipinski definition) is 3. The van der Waals surface area contributed by atoms with Crippen LogP contribution in [0, 0.1) is 0 Å². The molecule has 28 heavy (non-hydrogen) atoms. The lowest BCUT2D eigenvalue weighted by Gasteiger charge is -2.35. The van der Waals surface area contributed by atoms with Gasteiger partial charge < -0.3 is 15.5 Å². The van der Waals surface area contributed by atoms with Gasteiger partial charge >= 0.3 is 6.09 Å². The molecule has 1 aliphatic rings. The van der Waals surface area contributed by atoms with Gasteiger partial charge in [-0.1, -0.05) is 0 Å². The van der Waals surface area contributed by atoms with Crippen LogP contribution in [0.1, 0.15) is 33.3 Å². The Morgan fingerprint density at radius 2 is 2.07 bits per heavy atom. The number of sulfonamides is 1. The lowest BCUT2D eigenvalue weighted by Crippen LogP contribution is -2.54. The number of guanidine groups is 1. The highest BCUT2D eigenvalue weighted by atomic mass is 32.2. The largest absolute Gasteiger partial charge is 0.444 e. The molecular weight excluding hydrogens is 382 g/mol. The van der Waals surface area contributed by atoms with Gasteiger partial charge in [-0.15, -0.1) is 0 Å². The highest BCUT2D eigenvalue weighted by Gasteiger charge is 2.42. The van der Waals surface area contributed by atoms with Gasteiger partial charge in [0, 0.05) is 35.4 Å². The highest BCUT2D eigenvalue weighted by Crippen LogP contribution is 2.37. The number of nitrogens with zero attached hydrogens (tertiary/aromatic N) is 2. The summed E-state index contributed by atoms with van der Waals surface area (Å²) in [5.74, 6) is -0.348. The van der Waals surface area contributed by atoms with Crippen LogP contribution < -0.4 is 11.1 Å². The molecule has 0 bridgehead atoms. The van der Waals surface area contributed by atoms with Gasteiger partial charge in [0.15, 0.2) is 0 Å². The number of nitrogens with one attached hydrogen (secondary N) is 2. The predicted octanol–water partition coefficient (Wildman–Crippen LogP) is 2.12. The van der Waals surface area contributed by atoms with Crippen molar-refractivity contribution in [1.29, 1.82) is 0 Å². The second-order valence-corrected chi connectivity index (χ2v) is 10.1. The molecule has 152 valence electrons. The third kappa shape index (κ3) is 3.77. The van der Waals surface area contributed by atoms with Gasteiger partial charge in [0.25, 0.3) is 0 Å². The van der Waals surface area contributed by atoms with Crippen molar-refractivity contribution in [3.05, 3.63) is 30.0 Å². The van der Waals surface area contributed by atoms with Gasteiger partial charge in [0.05, 0.1) is 5.75 Å². The van der Waals surface area contributed by atoms with Crippen molar-refractivity contribution in [3.8, 4) is 0 Å². The van der Waals surface area contributed by atoms with E-state index in [1.165, 1.54) is 7.05 Å². The second kappa shape index (κ2) is 6.40. The first kappa shape index (κ1) is 20.0. The predicted molar refractivity (Wildman–Crippen MR) is 108 cm³/mol. The molecule has 4 N–H and O–H groups in total. The van der Waals surface area contributed by atoms with E-state index in [1.54, 1.807) is 46.0 Å². The molecule has 0 fully saturated rings. The fourth-order valence-corrected chi connectivity index (χ4v) is 4.62. The number of alkyl carbamates (subject to hydrolysis) is 1. The molecule has 1 amide bonds. The molecule has 0 saturated carbocycles. The number of H-pyrrole nitrogens is 1. The number of ether oxygens (including phenoxy) is 1. The van der Waals surface area contributed by atoms with Crippen LogP contribution in [0.15, 0.2) is 29.4 Å². The van der Waals surface area contributed by atoms with Crippen molar-refractivity contribution in [2.45, 2.75) is 38.8 Å². The molecule has 3 rings (SSSR count). The van der Waals surface area contributed by atoms with Gasteiger partial charge in [0.2, 0.25) is 16.0 Å². The summed E-state index contributed by atoms with van der Waals surface area (Å²) in [4.78, 5) is 19.9. The Morgan fingerprint density at radius 3 is 2.71 bits per heavy atom. The van der Waals surface area contributed by atoms with E-state index in [1.807, 2.05) is 6.07 Å². The van der Waals surface area contributed by atoms with E-state index in [-0.39, 0.29) is 11.7 Å². The van der Waals surface area contributed by atoms with E-state index in [0.29, 0.717) is 11.3 Å². The van der Waals surface area contributed by atoms with Crippen molar-refractivity contribution < 1.29 is 17.9 Å². The van der Waals surface area contributed by atoms with E-state index in [9.17, 15) is 13.2 Å². The number of rotatable bonds is 1. The van der Waals surface area contributed by atoms with Crippen molar-refractivity contribution in [1.82, 2.24) is 14.6 Å². The third-order valence-electron chi connectivity index (χ3n) is 4.43. The van der Waals surface area contributed by atoms with Crippen LogP contribution in [-0.4, -0.2) is 48.2 Å². The molecule has 1 aliphatic heterocycles. The van der Waals surface area contributed by atoms with Crippen LogP contribution in [0.4, 0.5) is 10.5 Å². The molecule has 0 unspecified atom stereocenters. The Kier molecular flexibility index (Phi) is 4.57. The molecular formula is C18H25N5O4S. The quantitative estimate of drug-likeness (QED) is 0.624. The maximum atomic E-state index is 12.8. The summed E-state index contributed by atoms with van der Waals surface area (Å²) in [6, 6.07) is 5.35. The zero-order valence-corrected chi connectivity index (χ0v) is 17.3. The number of nitrogens with two attached hydrogens (primary N) is 1. The number of hydrogen-bond acceptors (Lipinski definition) is 6. The number of aromatic nitrogens is 1. The van der Waals surface area contributed by atoms with Crippen molar-refractivity contribution in [2.24, 2.45) is 4.99 Å². The van der Waals surface area contributed by atoms with Crippen molar-refractivity contribution >= 4 is 38.7 Å². The lowest BCUT2D eigenvalue weighted by atomic mass is 9.94. The number of benzene rings is 1. The summed E-state index contributed by atoms with van der Waals surface area (Å²) in [6.07, 6.45) is 0.945. The topological polar surface area (TPSA) is 130 Å². The maximum absolute atomic E-state index is 12.8. The van der Waals surface area contributed by atoms with Crippen LogP contribution in [0.5, 0.6) is 0 Å². The summed E-state index contributed by atoms with van der Waals surface area (Å²) in [5, 5.41) is 3.24. The Labute approximate surface area is 164 Å². The minimum atomic E-state index is -3.73. The number of aliphatic imine (C=N–C) groups is 1. The number of aromatic amines is 1. The van der Waals surface area contributed by atoms with Crippen molar-refractivity contribution in [3.63, 3.8) is 0 Å². The van der Waals surface area contributed by atoms with Gasteiger partial charge in [-0.25, -0.2) is 22.5 Å².